The molecule has 0 atom stereocenters. The minimum absolute atomic E-state index is 0.480. The molecule has 1 radical (unpaired) electrons. The molecule has 0 spiro atoms. The third-order valence-electron chi connectivity index (χ3n) is 1.09. The van der Waals surface area contributed by atoms with Gasteiger partial charge in [-0.2, -0.15) is 4.37 Å². The average molecular weight is 202 g/mol. The Morgan fingerprint density at radius 2 is 2.45 bits per heavy atom. The van der Waals surface area contributed by atoms with Crippen molar-refractivity contribution in [3.8, 4) is 10.7 Å². The maximum Gasteiger partial charge on any atom is 0.203 e. The summed E-state index contributed by atoms with van der Waals surface area (Å²) in [4.78, 5) is 5.02. The van der Waals surface area contributed by atoms with Crippen LogP contribution < -0.4 is 0 Å². The van der Waals surface area contributed by atoms with Crippen molar-refractivity contribution in [2.24, 2.45) is 0 Å². The first-order valence-corrected chi connectivity index (χ1v) is 4.78. The minimum Gasteiger partial charge on any atom is -0.202 e. The van der Waals surface area contributed by atoms with Crippen LogP contribution in [0.15, 0.2) is 12.1 Å². The molecule has 0 fully saturated rings. The molecule has 0 aliphatic heterocycles. The summed E-state index contributed by atoms with van der Waals surface area (Å²) in [5, 5.41) is 2.96. The molecule has 0 aliphatic carbocycles. The second-order valence-electron chi connectivity index (χ2n) is 1.79. The molecule has 0 saturated heterocycles. The highest BCUT2D eigenvalue weighted by atomic mass is 35.5. The molecular formula is C6H2ClN2S2. The molecule has 2 aromatic rings. The minimum atomic E-state index is 0.480. The van der Waals surface area contributed by atoms with E-state index in [9.17, 15) is 0 Å². The Morgan fingerprint density at radius 1 is 1.55 bits per heavy atom. The molecule has 2 rings (SSSR count). The van der Waals surface area contributed by atoms with Crippen LogP contribution in [-0.4, -0.2) is 9.36 Å². The first-order valence-electron chi connectivity index (χ1n) is 2.82. The molecule has 0 aliphatic rings. The van der Waals surface area contributed by atoms with Gasteiger partial charge in [0.25, 0.3) is 0 Å². The van der Waals surface area contributed by atoms with Crippen molar-refractivity contribution in [1.82, 2.24) is 9.36 Å². The summed E-state index contributed by atoms with van der Waals surface area (Å²) in [6, 6.07) is 3.76. The van der Waals surface area contributed by atoms with E-state index in [1.807, 2.05) is 12.1 Å². The third-order valence-corrected chi connectivity index (χ3v) is 2.68. The zero-order valence-corrected chi connectivity index (χ0v) is 7.63. The van der Waals surface area contributed by atoms with E-state index in [1.165, 1.54) is 22.9 Å². The second kappa shape index (κ2) is 2.89. The highest BCUT2D eigenvalue weighted by Gasteiger charge is 2.04. The van der Waals surface area contributed by atoms with Crippen molar-refractivity contribution in [2.75, 3.05) is 0 Å². The molecule has 2 heterocycles. The van der Waals surface area contributed by atoms with E-state index in [0.29, 0.717) is 10.3 Å². The SMILES string of the molecule is Clc1nc(-c2cc[c]s2)ns1. The fourth-order valence-corrected chi connectivity index (χ4v) is 1.92. The van der Waals surface area contributed by atoms with Crippen LogP contribution in [0.4, 0.5) is 0 Å². The lowest BCUT2D eigenvalue weighted by molar-refractivity contribution is 1.35. The van der Waals surface area contributed by atoms with Gasteiger partial charge in [-0.05, 0) is 35.3 Å². The van der Waals surface area contributed by atoms with E-state index in [2.05, 4.69) is 14.7 Å². The van der Waals surface area contributed by atoms with Crippen molar-refractivity contribution in [1.29, 1.82) is 0 Å². The highest BCUT2D eigenvalue weighted by Crippen LogP contribution is 2.24. The van der Waals surface area contributed by atoms with E-state index < -0.39 is 0 Å². The number of rotatable bonds is 1. The molecule has 0 bridgehead atoms. The first-order chi connectivity index (χ1) is 5.36. The lowest BCUT2D eigenvalue weighted by Crippen LogP contribution is -1.71. The van der Waals surface area contributed by atoms with Crippen LogP contribution >= 0.6 is 34.5 Å². The Morgan fingerprint density at radius 3 is 3.00 bits per heavy atom. The number of halogens is 1. The van der Waals surface area contributed by atoms with Crippen molar-refractivity contribution in [2.45, 2.75) is 0 Å². The van der Waals surface area contributed by atoms with E-state index in [4.69, 9.17) is 11.6 Å². The van der Waals surface area contributed by atoms with Crippen molar-refractivity contribution in [3.05, 3.63) is 22.0 Å². The number of aromatic nitrogens is 2. The normalized spacial score (nSPS) is 10.3. The maximum absolute atomic E-state index is 5.62. The molecule has 11 heavy (non-hydrogen) atoms. The van der Waals surface area contributed by atoms with Gasteiger partial charge in [0.1, 0.15) is 0 Å². The molecule has 0 aromatic carbocycles. The Bertz CT molecular complexity index is 341. The van der Waals surface area contributed by atoms with Crippen molar-refractivity contribution < 1.29 is 0 Å². The van der Waals surface area contributed by atoms with Gasteiger partial charge in [0.15, 0.2) is 5.82 Å². The molecule has 5 heteroatoms. The van der Waals surface area contributed by atoms with Gasteiger partial charge >= 0.3 is 0 Å². The second-order valence-corrected chi connectivity index (χ2v) is 4.00. The van der Waals surface area contributed by atoms with Crippen LogP contribution in [0.5, 0.6) is 0 Å². The summed E-state index contributed by atoms with van der Waals surface area (Å²) in [5.74, 6) is 0.700. The summed E-state index contributed by atoms with van der Waals surface area (Å²) in [7, 11) is 0. The Labute approximate surface area is 76.7 Å². The summed E-state index contributed by atoms with van der Waals surface area (Å²) < 4.78 is 4.53. The van der Waals surface area contributed by atoms with Gasteiger partial charge in [-0.3, -0.25) is 0 Å². The van der Waals surface area contributed by atoms with Gasteiger partial charge in [-0.15, -0.1) is 11.3 Å². The topological polar surface area (TPSA) is 25.8 Å². The van der Waals surface area contributed by atoms with Crippen LogP contribution in [0.3, 0.4) is 0 Å². The van der Waals surface area contributed by atoms with Crippen LogP contribution in [0.1, 0.15) is 0 Å². The van der Waals surface area contributed by atoms with Gasteiger partial charge in [0.2, 0.25) is 4.47 Å². The Balaban J connectivity index is 2.45. The molecule has 2 nitrogen and oxygen atoms in total. The average Bonchev–Trinajstić information content (AvgIpc) is 2.55. The van der Waals surface area contributed by atoms with Gasteiger partial charge in [0.05, 0.1) is 4.88 Å². The van der Waals surface area contributed by atoms with Gasteiger partial charge in [-0.25, -0.2) is 4.98 Å². The molecule has 55 valence electrons. The molecule has 0 N–H and O–H groups in total. The monoisotopic (exact) mass is 201 g/mol. The van der Waals surface area contributed by atoms with Crippen molar-refractivity contribution in [3.63, 3.8) is 0 Å². The van der Waals surface area contributed by atoms with Crippen LogP contribution in [-0.2, 0) is 0 Å². The zero-order chi connectivity index (χ0) is 7.68. The fraction of sp³-hybridized carbons (Fsp3) is 0. The number of hydrogen-bond donors (Lipinski definition) is 0. The Kier molecular flexibility index (Phi) is 1.89. The summed E-state index contributed by atoms with van der Waals surface area (Å²) in [5.41, 5.74) is 0. The molecular weight excluding hydrogens is 200 g/mol. The number of thiophene rings is 1. The van der Waals surface area contributed by atoms with Gasteiger partial charge in [0, 0.05) is 5.38 Å². The summed E-state index contributed by atoms with van der Waals surface area (Å²) in [6.45, 7) is 0. The standard InChI is InChI=1S/C6H2ClN2S2/c7-6-8-5(9-11-6)4-2-1-3-10-4/h1-2H. The quantitative estimate of drug-likeness (QED) is 0.709. The van der Waals surface area contributed by atoms with Crippen molar-refractivity contribution >= 4 is 34.5 Å². The number of hydrogen-bond acceptors (Lipinski definition) is 4. The molecule has 2 aromatic heterocycles. The fourth-order valence-electron chi connectivity index (χ4n) is 0.666. The van der Waals surface area contributed by atoms with Crippen LogP contribution in [0.25, 0.3) is 10.7 Å². The predicted molar refractivity (Wildman–Crippen MR) is 47.1 cm³/mol. The van der Waals surface area contributed by atoms with Crippen LogP contribution in [0.2, 0.25) is 4.47 Å². The van der Waals surface area contributed by atoms with Gasteiger partial charge in [-0.1, -0.05) is 0 Å². The number of nitrogens with zero attached hydrogens (tertiary/aromatic N) is 2. The van der Waals surface area contributed by atoms with E-state index in [1.54, 1.807) is 0 Å². The smallest absolute Gasteiger partial charge is 0.202 e. The summed E-state index contributed by atoms with van der Waals surface area (Å²) >= 11 is 8.30. The van der Waals surface area contributed by atoms with E-state index >= 15 is 0 Å². The maximum atomic E-state index is 5.62. The molecule has 0 unspecified atom stereocenters. The molecule has 0 saturated carbocycles. The largest absolute Gasteiger partial charge is 0.203 e. The third kappa shape index (κ3) is 1.42. The molecule has 0 amide bonds. The summed E-state index contributed by atoms with van der Waals surface area (Å²) in [6.07, 6.45) is 0. The van der Waals surface area contributed by atoms with E-state index in [-0.39, 0.29) is 0 Å². The van der Waals surface area contributed by atoms with E-state index in [0.717, 1.165) is 4.88 Å². The predicted octanol–water partition coefficient (Wildman–Crippen LogP) is 2.72. The highest BCUT2D eigenvalue weighted by molar-refractivity contribution is 7.13. The lowest BCUT2D eigenvalue weighted by Gasteiger charge is -1.82. The van der Waals surface area contributed by atoms with Gasteiger partial charge < -0.3 is 0 Å². The zero-order valence-electron chi connectivity index (χ0n) is 5.24. The lowest BCUT2D eigenvalue weighted by atomic mass is 10.5. The van der Waals surface area contributed by atoms with Crippen LogP contribution in [0, 0.1) is 5.38 Å². The Hall–Kier alpha value is -0.450. The first kappa shape index (κ1) is 7.21.